The second-order valence-electron chi connectivity index (χ2n) is 7.07. The standard InChI is InChI=1S/C21H28N6O3S/c1-13-10-14(2)24-20(23-13)26-19(22-12-16-6-5-9-30-16)27-21(31)25-17-11-15(28-3)7-8-18(17)29-4/h7-8,10-11,16H,5-6,9,12H2,1-4H3,(H3,22,23,24,25,26,27,31). The fourth-order valence-corrected chi connectivity index (χ4v) is 3.36. The van der Waals surface area contributed by atoms with Gasteiger partial charge < -0.3 is 24.8 Å². The Balaban J connectivity index is 1.75. The number of hydrogen-bond acceptors (Lipinski definition) is 7. The monoisotopic (exact) mass is 444 g/mol. The van der Waals surface area contributed by atoms with Crippen LogP contribution in [-0.2, 0) is 4.74 Å². The Labute approximate surface area is 187 Å². The van der Waals surface area contributed by atoms with Crippen LogP contribution >= 0.6 is 12.2 Å². The normalized spacial score (nSPS) is 16.0. The highest BCUT2D eigenvalue weighted by Gasteiger charge is 2.16. The highest BCUT2D eigenvalue weighted by molar-refractivity contribution is 7.80. The quantitative estimate of drug-likeness (QED) is 0.352. The molecule has 0 aliphatic carbocycles. The summed E-state index contributed by atoms with van der Waals surface area (Å²) >= 11 is 5.50. The van der Waals surface area contributed by atoms with Gasteiger partial charge in [0, 0.05) is 24.1 Å². The van der Waals surface area contributed by atoms with Gasteiger partial charge in [-0.2, -0.15) is 0 Å². The molecule has 1 unspecified atom stereocenters. The molecule has 9 nitrogen and oxygen atoms in total. The maximum atomic E-state index is 5.68. The van der Waals surface area contributed by atoms with Crippen molar-refractivity contribution < 1.29 is 14.2 Å². The van der Waals surface area contributed by atoms with Crippen molar-refractivity contribution in [1.82, 2.24) is 15.3 Å². The lowest BCUT2D eigenvalue weighted by atomic mass is 10.2. The Bertz CT molecular complexity index is 926. The lowest BCUT2D eigenvalue weighted by Crippen LogP contribution is -2.39. The molecule has 0 amide bonds. The Kier molecular flexibility index (Phi) is 7.96. The zero-order valence-electron chi connectivity index (χ0n) is 18.2. The van der Waals surface area contributed by atoms with Gasteiger partial charge in [-0.3, -0.25) is 5.32 Å². The van der Waals surface area contributed by atoms with Gasteiger partial charge in [0.2, 0.25) is 11.9 Å². The van der Waals surface area contributed by atoms with E-state index < -0.39 is 0 Å². The topological polar surface area (TPSA) is 102 Å². The number of rotatable bonds is 6. The number of aromatic nitrogens is 2. The lowest BCUT2D eigenvalue weighted by molar-refractivity contribution is 0.118. The first-order valence-electron chi connectivity index (χ1n) is 10.0. The molecule has 1 atom stereocenters. The second kappa shape index (κ2) is 10.9. The van der Waals surface area contributed by atoms with E-state index in [1.54, 1.807) is 26.4 Å². The maximum Gasteiger partial charge on any atom is 0.229 e. The van der Waals surface area contributed by atoms with Gasteiger partial charge in [0.25, 0.3) is 0 Å². The van der Waals surface area contributed by atoms with Crippen molar-refractivity contribution in [2.75, 3.05) is 38.0 Å². The van der Waals surface area contributed by atoms with Crippen LogP contribution in [0.4, 0.5) is 11.6 Å². The Morgan fingerprint density at radius 1 is 1.16 bits per heavy atom. The minimum absolute atomic E-state index is 0.0961. The average molecular weight is 445 g/mol. The van der Waals surface area contributed by atoms with Crippen LogP contribution < -0.4 is 25.4 Å². The van der Waals surface area contributed by atoms with Crippen LogP contribution in [0, 0.1) is 13.8 Å². The lowest BCUT2D eigenvalue weighted by Gasteiger charge is -2.17. The van der Waals surface area contributed by atoms with Crippen LogP contribution in [0.15, 0.2) is 29.3 Å². The van der Waals surface area contributed by atoms with Crippen molar-refractivity contribution in [2.24, 2.45) is 4.99 Å². The van der Waals surface area contributed by atoms with Gasteiger partial charge in [-0.25, -0.2) is 15.0 Å². The van der Waals surface area contributed by atoms with Crippen molar-refractivity contribution in [2.45, 2.75) is 32.8 Å². The predicted octanol–water partition coefficient (Wildman–Crippen LogP) is 3.04. The number of nitrogens with one attached hydrogen (secondary N) is 3. The predicted molar refractivity (Wildman–Crippen MR) is 125 cm³/mol. The zero-order chi connectivity index (χ0) is 22.2. The molecule has 0 spiro atoms. The molecule has 166 valence electrons. The average Bonchev–Trinajstić information content (AvgIpc) is 3.25. The van der Waals surface area contributed by atoms with Gasteiger partial charge in [0.15, 0.2) is 5.11 Å². The number of ether oxygens (including phenoxy) is 3. The van der Waals surface area contributed by atoms with E-state index in [0.29, 0.717) is 40.8 Å². The summed E-state index contributed by atoms with van der Waals surface area (Å²) in [7, 11) is 3.20. The van der Waals surface area contributed by atoms with Crippen molar-refractivity contribution in [3.8, 4) is 11.5 Å². The van der Waals surface area contributed by atoms with Crippen LogP contribution in [0.1, 0.15) is 24.2 Å². The molecule has 1 aliphatic rings. The van der Waals surface area contributed by atoms with E-state index in [2.05, 4.69) is 30.9 Å². The summed E-state index contributed by atoms with van der Waals surface area (Å²) in [6.45, 7) is 5.10. The molecule has 0 radical (unpaired) electrons. The summed E-state index contributed by atoms with van der Waals surface area (Å²) in [4.78, 5) is 13.5. The first-order valence-corrected chi connectivity index (χ1v) is 10.4. The third kappa shape index (κ3) is 6.76. The number of guanidine groups is 1. The van der Waals surface area contributed by atoms with Crippen LogP contribution in [0.3, 0.4) is 0 Å². The third-order valence-corrected chi connectivity index (χ3v) is 4.78. The van der Waals surface area contributed by atoms with E-state index in [-0.39, 0.29) is 6.10 Å². The summed E-state index contributed by atoms with van der Waals surface area (Å²) in [6, 6.07) is 7.32. The first kappa shape index (κ1) is 22.7. The molecule has 0 saturated carbocycles. The number of aryl methyl sites for hydroxylation is 2. The van der Waals surface area contributed by atoms with Crippen LogP contribution in [-0.4, -0.2) is 54.5 Å². The molecule has 31 heavy (non-hydrogen) atoms. The minimum atomic E-state index is 0.0961. The fraction of sp³-hybridized carbons (Fsp3) is 0.429. The van der Waals surface area contributed by atoms with E-state index >= 15 is 0 Å². The maximum absolute atomic E-state index is 5.68. The van der Waals surface area contributed by atoms with Gasteiger partial charge in [0.1, 0.15) is 11.5 Å². The smallest absolute Gasteiger partial charge is 0.229 e. The molecule has 3 N–H and O–H groups in total. The molecule has 1 aliphatic heterocycles. The van der Waals surface area contributed by atoms with Gasteiger partial charge >= 0.3 is 0 Å². The van der Waals surface area contributed by atoms with E-state index in [1.165, 1.54) is 0 Å². The summed E-state index contributed by atoms with van der Waals surface area (Å²) < 4.78 is 16.4. The second-order valence-corrected chi connectivity index (χ2v) is 7.48. The molecular weight excluding hydrogens is 416 g/mol. The SMILES string of the molecule is COc1ccc(OC)c(NC(=S)NC(=NCC2CCCO2)Nc2nc(C)cc(C)n2)c1. The highest BCUT2D eigenvalue weighted by Crippen LogP contribution is 2.28. The van der Waals surface area contributed by atoms with Crippen molar-refractivity contribution in [3.05, 3.63) is 35.7 Å². The van der Waals surface area contributed by atoms with E-state index in [0.717, 1.165) is 30.8 Å². The molecule has 3 rings (SSSR count). The van der Waals surface area contributed by atoms with E-state index in [1.807, 2.05) is 26.0 Å². The molecule has 0 bridgehead atoms. The molecule has 1 aromatic heterocycles. The third-order valence-electron chi connectivity index (χ3n) is 4.58. The van der Waals surface area contributed by atoms with Crippen LogP contribution in [0.2, 0.25) is 0 Å². The van der Waals surface area contributed by atoms with Crippen molar-refractivity contribution in [1.29, 1.82) is 0 Å². The number of benzene rings is 1. The summed E-state index contributed by atoms with van der Waals surface area (Å²) in [5.41, 5.74) is 2.38. The van der Waals surface area contributed by atoms with Gasteiger partial charge in [-0.1, -0.05) is 0 Å². The minimum Gasteiger partial charge on any atom is -0.497 e. The summed E-state index contributed by atoms with van der Waals surface area (Å²) in [6.07, 6.45) is 2.13. The highest BCUT2D eigenvalue weighted by atomic mass is 32.1. The number of aliphatic imine (C=N–C) groups is 1. The fourth-order valence-electron chi connectivity index (χ4n) is 3.15. The Hall–Kier alpha value is -2.98. The zero-order valence-corrected chi connectivity index (χ0v) is 19.0. The van der Waals surface area contributed by atoms with Crippen molar-refractivity contribution >= 4 is 34.9 Å². The number of hydrogen-bond donors (Lipinski definition) is 3. The van der Waals surface area contributed by atoms with Gasteiger partial charge in [0.05, 0.1) is 32.6 Å². The molecule has 1 aromatic carbocycles. The summed E-state index contributed by atoms with van der Waals surface area (Å²) in [5.74, 6) is 2.19. The molecule has 1 saturated heterocycles. The molecule has 1 fully saturated rings. The van der Waals surface area contributed by atoms with Crippen LogP contribution in [0.5, 0.6) is 11.5 Å². The van der Waals surface area contributed by atoms with Crippen LogP contribution in [0.25, 0.3) is 0 Å². The largest absolute Gasteiger partial charge is 0.497 e. The Morgan fingerprint density at radius 2 is 1.94 bits per heavy atom. The number of anilines is 2. The molecule has 2 aromatic rings. The van der Waals surface area contributed by atoms with E-state index in [4.69, 9.17) is 26.4 Å². The van der Waals surface area contributed by atoms with Crippen molar-refractivity contribution in [3.63, 3.8) is 0 Å². The Morgan fingerprint density at radius 3 is 2.58 bits per heavy atom. The van der Waals surface area contributed by atoms with E-state index in [9.17, 15) is 0 Å². The molecule has 2 heterocycles. The number of nitrogens with zero attached hydrogens (tertiary/aromatic N) is 3. The van der Waals surface area contributed by atoms with Gasteiger partial charge in [-0.15, -0.1) is 0 Å². The number of methoxy groups -OCH3 is 2. The summed E-state index contributed by atoms with van der Waals surface area (Å²) in [5, 5.41) is 9.68. The van der Waals surface area contributed by atoms with Gasteiger partial charge in [-0.05, 0) is 57.1 Å². The number of thiocarbonyl (C=S) groups is 1. The molecule has 10 heteroatoms. The first-order chi connectivity index (χ1) is 15.0. The molecular formula is C21H28N6O3S.